The van der Waals surface area contributed by atoms with Gasteiger partial charge in [-0.25, -0.2) is 13.1 Å². The Morgan fingerprint density at radius 2 is 2.00 bits per heavy atom. The molecule has 0 spiro atoms. The number of halogens is 2. The Balaban J connectivity index is 2.61. The van der Waals surface area contributed by atoms with Crippen LogP contribution in [0.15, 0.2) is 33.6 Å². The van der Waals surface area contributed by atoms with Gasteiger partial charge >= 0.3 is 0 Å². The Labute approximate surface area is 119 Å². The van der Waals surface area contributed by atoms with Crippen LogP contribution in [0.1, 0.15) is 19.8 Å². The van der Waals surface area contributed by atoms with Gasteiger partial charge in [0.1, 0.15) is 0 Å². The molecular formula is C11H15Br2NO2S. The number of rotatable bonds is 6. The molecule has 0 aromatic heterocycles. The van der Waals surface area contributed by atoms with Crippen molar-refractivity contribution in [2.75, 3.05) is 6.54 Å². The fraction of sp³-hybridized carbons (Fsp3) is 0.455. The van der Waals surface area contributed by atoms with Gasteiger partial charge in [-0.2, -0.15) is 0 Å². The SMILES string of the molecule is CC(Br)CCCNS(=O)(=O)c1ccccc1Br. The summed E-state index contributed by atoms with van der Waals surface area (Å²) in [6.45, 7) is 2.50. The van der Waals surface area contributed by atoms with Gasteiger partial charge in [0.15, 0.2) is 0 Å². The third kappa shape index (κ3) is 5.07. The lowest BCUT2D eigenvalue weighted by atomic mass is 10.2. The van der Waals surface area contributed by atoms with Crippen LogP contribution in [0.3, 0.4) is 0 Å². The third-order valence-electron chi connectivity index (χ3n) is 2.20. The molecule has 1 N–H and O–H groups in total. The van der Waals surface area contributed by atoms with Crippen molar-refractivity contribution in [2.45, 2.75) is 29.5 Å². The van der Waals surface area contributed by atoms with Crippen molar-refractivity contribution in [1.29, 1.82) is 0 Å². The van der Waals surface area contributed by atoms with Crippen molar-refractivity contribution >= 4 is 41.9 Å². The molecule has 17 heavy (non-hydrogen) atoms. The summed E-state index contributed by atoms with van der Waals surface area (Å²) in [4.78, 5) is 0.697. The molecule has 0 radical (unpaired) electrons. The van der Waals surface area contributed by atoms with Crippen LogP contribution in [0.4, 0.5) is 0 Å². The van der Waals surface area contributed by atoms with Gasteiger partial charge in [-0.3, -0.25) is 0 Å². The molecule has 0 aliphatic heterocycles. The van der Waals surface area contributed by atoms with Crippen molar-refractivity contribution in [2.24, 2.45) is 0 Å². The fourth-order valence-electron chi connectivity index (χ4n) is 1.33. The van der Waals surface area contributed by atoms with E-state index < -0.39 is 10.0 Å². The van der Waals surface area contributed by atoms with Gasteiger partial charge in [-0.05, 0) is 40.9 Å². The van der Waals surface area contributed by atoms with Crippen LogP contribution in [0.2, 0.25) is 0 Å². The molecule has 1 unspecified atom stereocenters. The zero-order valence-electron chi connectivity index (χ0n) is 9.49. The summed E-state index contributed by atoms with van der Waals surface area (Å²) in [7, 11) is -3.40. The molecule has 0 fully saturated rings. The summed E-state index contributed by atoms with van der Waals surface area (Å²) in [6, 6.07) is 6.80. The Bertz CT molecular complexity index is 460. The van der Waals surface area contributed by atoms with E-state index in [4.69, 9.17) is 0 Å². The second-order valence-corrected chi connectivity index (χ2v) is 7.90. The van der Waals surface area contributed by atoms with Gasteiger partial charge in [-0.1, -0.05) is 35.0 Å². The van der Waals surface area contributed by atoms with Crippen molar-refractivity contribution in [3.05, 3.63) is 28.7 Å². The Kier molecular flexibility index (Phi) is 6.12. The minimum Gasteiger partial charge on any atom is -0.211 e. The van der Waals surface area contributed by atoms with Gasteiger partial charge in [0, 0.05) is 15.8 Å². The first-order valence-electron chi connectivity index (χ1n) is 5.32. The molecule has 0 saturated heterocycles. The molecule has 0 saturated carbocycles. The van der Waals surface area contributed by atoms with E-state index in [9.17, 15) is 8.42 Å². The highest BCUT2D eigenvalue weighted by atomic mass is 79.9. The van der Waals surface area contributed by atoms with E-state index in [1.54, 1.807) is 24.3 Å². The van der Waals surface area contributed by atoms with Gasteiger partial charge in [-0.15, -0.1) is 0 Å². The number of sulfonamides is 1. The Morgan fingerprint density at radius 1 is 1.35 bits per heavy atom. The highest BCUT2D eigenvalue weighted by Gasteiger charge is 2.15. The summed E-state index contributed by atoms with van der Waals surface area (Å²) < 4.78 is 27.1. The lowest BCUT2D eigenvalue weighted by molar-refractivity contribution is 0.576. The summed E-state index contributed by atoms with van der Waals surface area (Å²) in [5.41, 5.74) is 0. The van der Waals surface area contributed by atoms with Crippen LogP contribution in [0, 0.1) is 0 Å². The van der Waals surface area contributed by atoms with E-state index >= 15 is 0 Å². The van der Waals surface area contributed by atoms with Crippen molar-refractivity contribution in [1.82, 2.24) is 4.72 Å². The minimum absolute atomic E-state index is 0.284. The van der Waals surface area contributed by atoms with Crippen LogP contribution in [-0.4, -0.2) is 19.8 Å². The Morgan fingerprint density at radius 3 is 2.59 bits per heavy atom. The fourth-order valence-corrected chi connectivity index (χ4v) is 3.73. The van der Waals surface area contributed by atoms with E-state index in [1.807, 2.05) is 6.92 Å². The van der Waals surface area contributed by atoms with Crippen LogP contribution in [0.5, 0.6) is 0 Å². The maximum absolute atomic E-state index is 11.9. The highest BCUT2D eigenvalue weighted by molar-refractivity contribution is 9.10. The molecule has 0 amide bonds. The van der Waals surface area contributed by atoms with Crippen LogP contribution in [-0.2, 0) is 10.0 Å². The molecule has 0 heterocycles. The molecule has 3 nitrogen and oxygen atoms in total. The lowest BCUT2D eigenvalue weighted by Crippen LogP contribution is -2.25. The molecule has 1 aromatic rings. The minimum atomic E-state index is -3.40. The molecule has 0 aliphatic carbocycles. The quantitative estimate of drug-likeness (QED) is 0.604. The smallest absolute Gasteiger partial charge is 0.211 e. The van der Waals surface area contributed by atoms with Crippen molar-refractivity contribution in [3.63, 3.8) is 0 Å². The van der Waals surface area contributed by atoms with Crippen molar-refractivity contribution in [3.8, 4) is 0 Å². The van der Waals surface area contributed by atoms with E-state index in [0.29, 0.717) is 15.8 Å². The van der Waals surface area contributed by atoms with Gasteiger partial charge in [0.05, 0.1) is 4.90 Å². The highest BCUT2D eigenvalue weighted by Crippen LogP contribution is 2.20. The van der Waals surface area contributed by atoms with Crippen LogP contribution in [0.25, 0.3) is 0 Å². The van der Waals surface area contributed by atoms with Crippen molar-refractivity contribution < 1.29 is 8.42 Å². The second kappa shape index (κ2) is 6.87. The predicted octanol–water partition coefficient (Wildman–Crippen LogP) is 3.29. The molecule has 96 valence electrons. The number of alkyl halides is 1. The number of hydrogen-bond donors (Lipinski definition) is 1. The zero-order valence-corrected chi connectivity index (χ0v) is 13.5. The second-order valence-electron chi connectivity index (χ2n) is 3.75. The Hall–Kier alpha value is 0.0900. The maximum Gasteiger partial charge on any atom is 0.241 e. The van der Waals surface area contributed by atoms with E-state index in [-0.39, 0.29) is 4.90 Å². The molecule has 6 heteroatoms. The first-order valence-corrected chi connectivity index (χ1v) is 8.51. The standard InChI is InChI=1S/C11H15Br2NO2S/c1-9(12)5-4-8-14-17(15,16)11-7-3-2-6-10(11)13/h2-3,6-7,9,14H,4-5,8H2,1H3. The first kappa shape index (κ1) is 15.1. The van der Waals surface area contributed by atoms with Gasteiger partial charge < -0.3 is 0 Å². The molecule has 1 atom stereocenters. The topological polar surface area (TPSA) is 46.2 Å². The normalized spacial score (nSPS) is 13.6. The van der Waals surface area contributed by atoms with Crippen LogP contribution < -0.4 is 4.72 Å². The first-order chi connectivity index (χ1) is 7.93. The number of benzene rings is 1. The summed E-state index contributed by atoms with van der Waals surface area (Å²) >= 11 is 6.66. The largest absolute Gasteiger partial charge is 0.241 e. The molecule has 1 aromatic carbocycles. The summed E-state index contributed by atoms with van der Waals surface area (Å²) in [5.74, 6) is 0. The maximum atomic E-state index is 11.9. The molecule has 0 bridgehead atoms. The zero-order chi connectivity index (χ0) is 12.9. The average Bonchev–Trinajstić information content (AvgIpc) is 2.24. The molecule has 0 aliphatic rings. The third-order valence-corrected chi connectivity index (χ3v) is 5.13. The molecular weight excluding hydrogens is 370 g/mol. The molecule has 1 rings (SSSR count). The number of nitrogens with one attached hydrogen (secondary N) is 1. The summed E-state index contributed by atoms with van der Waals surface area (Å²) in [5, 5.41) is 0. The average molecular weight is 385 g/mol. The monoisotopic (exact) mass is 383 g/mol. The van der Waals surface area contributed by atoms with Gasteiger partial charge in [0.25, 0.3) is 0 Å². The van der Waals surface area contributed by atoms with Crippen LogP contribution >= 0.6 is 31.9 Å². The van der Waals surface area contributed by atoms with E-state index in [1.165, 1.54) is 0 Å². The summed E-state index contributed by atoms with van der Waals surface area (Å²) in [6.07, 6.45) is 1.76. The lowest BCUT2D eigenvalue weighted by Gasteiger charge is -2.08. The predicted molar refractivity (Wildman–Crippen MR) is 77.0 cm³/mol. The van der Waals surface area contributed by atoms with E-state index in [0.717, 1.165) is 12.8 Å². The van der Waals surface area contributed by atoms with Gasteiger partial charge in [0.2, 0.25) is 10.0 Å². The number of hydrogen-bond acceptors (Lipinski definition) is 2. The van der Waals surface area contributed by atoms with E-state index in [2.05, 4.69) is 36.6 Å².